The van der Waals surface area contributed by atoms with Gasteiger partial charge in [0.1, 0.15) is 0 Å². The summed E-state index contributed by atoms with van der Waals surface area (Å²) in [5, 5.41) is 17.7. The summed E-state index contributed by atoms with van der Waals surface area (Å²) in [7, 11) is 0. The third kappa shape index (κ3) is 3.19. The number of likely N-dealkylation sites (tertiary alicyclic amines) is 1. The maximum absolute atomic E-state index is 11.3. The number of thioether (sulfide) groups is 1. The third-order valence-corrected chi connectivity index (χ3v) is 2.77. The van der Waals surface area contributed by atoms with Crippen LogP contribution in [0.2, 0.25) is 0 Å². The van der Waals surface area contributed by atoms with E-state index in [2.05, 4.69) is 0 Å². The van der Waals surface area contributed by atoms with E-state index in [1.54, 1.807) is 6.92 Å². The quantitative estimate of drug-likeness (QED) is 0.660. The largest absolute Gasteiger partial charge is 0.481 e. The molecule has 1 rings (SSSR count). The van der Waals surface area contributed by atoms with Crippen molar-refractivity contribution >= 4 is 23.6 Å². The van der Waals surface area contributed by atoms with E-state index in [4.69, 9.17) is 5.11 Å². The number of rotatable bonds is 4. The molecule has 14 heavy (non-hydrogen) atoms. The summed E-state index contributed by atoms with van der Waals surface area (Å²) in [5.41, 5.74) is -0.757. The van der Waals surface area contributed by atoms with Gasteiger partial charge in [0.05, 0.1) is 30.2 Å². The predicted octanol–water partition coefficient (Wildman–Crippen LogP) is -0.603. The molecule has 0 spiro atoms. The van der Waals surface area contributed by atoms with Crippen molar-refractivity contribution < 1.29 is 19.8 Å². The number of aliphatic hydroxyl groups is 1. The number of β-amino-alcohol motifs (C(OH)–C–C–N with tert-alkyl or cyclic N) is 1. The van der Waals surface area contributed by atoms with Crippen molar-refractivity contribution in [2.24, 2.45) is 0 Å². The Bertz CT molecular complexity index is 246. The molecule has 0 aromatic rings. The SMILES string of the molecule is CC1(O)CN(C(=O)CSCC(=O)O)C1. The lowest BCUT2D eigenvalue weighted by Gasteiger charge is -2.44. The van der Waals surface area contributed by atoms with Crippen molar-refractivity contribution in [1.82, 2.24) is 4.90 Å². The van der Waals surface area contributed by atoms with E-state index in [1.807, 2.05) is 0 Å². The van der Waals surface area contributed by atoms with Gasteiger partial charge in [-0.25, -0.2) is 0 Å². The van der Waals surface area contributed by atoms with Crippen LogP contribution < -0.4 is 0 Å². The zero-order valence-corrected chi connectivity index (χ0v) is 8.71. The van der Waals surface area contributed by atoms with Crippen molar-refractivity contribution in [2.45, 2.75) is 12.5 Å². The van der Waals surface area contributed by atoms with E-state index in [0.717, 1.165) is 11.8 Å². The first-order valence-electron chi connectivity index (χ1n) is 4.20. The van der Waals surface area contributed by atoms with Gasteiger partial charge in [-0.3, -0.25) is 9.59 Å². The fourth-order valence-corrected chi connectivity index (χ4v) is 1.90. The van der Waals surface area contributed by atoms with Crippen LogP contribution in [-0.4, -0.2) is 57.2 Å². The summed E-state index contributed by atoms with van der Waals surface area (Å²) < 4.78 is 0. The van der Waals surface area contributed by atoms with E-state index < -0.39 is 11.6 Å². The monoisotopic (exact) mass is 219 g/mol. The molecule has 0 aliphatic carbocycles. The second-order valence-electron chi connectivity index (χ2n) is 3.63. The zero-order valence-electron chi connectivity index (χ0n) is 7.89. The number of hydrogen-bond acceptors (Lipinski definition) is 4. The molecule has 1 aliphatic heterocycles. The maximum Gasteiger partial charge on any atom is 0.313 e. The summed E-state index contributed by atoms with van der Waals surface area (Å²) >= 11 is 1.07. The second-order valence-corrected chi connectivity index (χ2v) is 4.62. The van der Waals surface area contributed by atoms with Gasteiger partial charge in [-0.05, 0) is 6.92 Å². The Morgan fingerprint density at radius 1 is 1.43 bits per heavy atom. The van der Waals surface area contributed by atoms with Crippen LogP contribution in [0.4, 0.5) is 0 Å². The van der Waals surface area contributed by atoms with Crippen LogP contribution in [0.3, 0.4) is 0 Å². The normalized spacial score (nSPS) is 18.9. The average Bonchev–Trinajstić information content (AvgIpc) is 1.99. The van der Waals surface area contributed by atoms with Gasteiger partial charge in [0, 0.05) is 0 Å². The van der Waals surface area contributed by atoms with Crippen molar-refractivity contribution in [3.63, 3.8) is 0 Å². The third-order valence-electron chi connectivity index (χ3n) is 1.87. The van der Waals surface area contributed by atoms with Gasteiger partial charge in [0.25, 0.3) is 0 Å². The fraction of sp³-hybridized carbons (Fsp3) is 0.750. The van der Waals surface area contributed by atoms with Crippen molar-refractivity contribution in [3.8, 4) is 0 Å². The molecule has 0 saturated carbocycles. The van der Waals surface area contributed by atoms with Gasteiger partial charge in [0.2, 0.25) is 5.91 Å². The highest BCUT2D eigenvalue weighted by Gasteiger charge is 2.38. The summed E-state index contributed by atoms with van der Waals surface area (Å²) in [6, 6.07) is 0. The minimum absolute atomic E-state index is 0.0596. The van der Waals surface area contributed by atoms with Crippen molar-refractivity contribution in [2.75, 3.05) is 24.6 Å². The topological polar surface area (TPSA) is 77.8 Å². The second kappa shape index (κ2) is 4.18. The summed E-state index contributed by atoms with van der Waals surface area (Å²) in [6.45, 7) is 2.36. The molecule has 2 N–H and O–H groups in total. The lowest BCUT2D eigenvalue weighted by molar-refractivity contribution is -0.149. The Labute approximate surface area is 86.1 Å². The van der Waals surface area contributed by atoms with Gasteiger partial charge in [0.15, 0.2) is 0 Å². The zero-order chi connectivity index (χ0) is 10.8. The molecule has 0 aromatic carbocycles. The molecule has 1 fully saturated rings. The van der Waals surface area contributed by atoms with Crippen LogP contribution >= 0.6 is 11.8 Å². The van der Waals surface area contributed by atoms with Crippen LogP contribution in [0.15, 0.2) is 0 Å². The lowest BCUT2D eigenvalue weighted by atomic mass is 9.97. The molecule has 80 valence electrons. The summed E-state index contributed by atoms with van der Waals surface area (Å²) in [5.74, 6) is -0.917. The van der Waals surface area contributed by atoms with Crippen LogP contribution in [0.1, 0.15) is 6.92 Å². The fourth-order valence-electron chi connectivity index (χ4n) is 1.27. The van der Waals surface area contributed by atoms with Crippen LogP contribution in [0.25, 0.3) is 0 Å². The molecular formula is C8H13NO4S. The van der Waals surface area contributed by atoms with Crippen molar-refractivity contribution in [3.05, 3.63) is 0 Å². The minimum atomic E-state index is -0.918. The number of carboxylic acids is 1. The highest BCUT2D eigenvalue weighted by molar-refractivity contribution is 8.00. The van der Waals surface area contributed by atoms with Gasteiger partial charge in [-0.15, -0.1) is 11.8 Å². The molecular weight excluding hydrogens is 206 g/mol. The summed E-state index contributed by atoms with van der Waals surface area (Å²) in [6.07, 6.45) is 0. The number of carbonyl (C=O) groups excluding carboxylic acids is 1. The lowest BCUT2D eigenvalue weighted by Crippen LogP contribution is -2.62. The molecule has 0 atom stereocenters. The van der Waals surface area contributed by atoms with Crippen LogP contribution in [0, 0.1) is 0 Å². The Morgan fingerprint density at radius 2 is 2.00 bits per heavy atom. The predicted molar refractivity (Wildman–Crippen MR) is 52.2 cm³/mol. The highest BCUT2D eigenvalue weighted by atomic mass is 32.2. The molecule has 6 heteroatoms. The Balaban J connectivity index is 2.15. The maximum atomic E-state index is 11.3. The average molecular weight is 219 g/mol. The number of nitrogens with zero attached hydrogens (tertiary/aromatic N) is 1. The Hall–Kier alpha value is -0.750. The Kier molecular flexibility index (Phi) is 3.38. The van der Waals surface area contributed by atoms with Crippen LogP contribution in [0.5, 0.6) is 0 Å². The minimum Gasteiger partial charge on any atom is -0.481 e. The van der Waals surface area contributed by atoms with E-state index >= 15 is 0 Å². The van der Waals surface area contributed by atoms with Gasteiger partial charge in [-0.2, -0.15) is 0 Å². The van der Waals surface area contributed by atoms with Crippen LogP contribution in [-0.2, 0) is 9.59 Å². The van der Waals surface area contributed by atoms with E-state index in [1.165, 1.54) is 4.90 Å². The molecule has 1 aliphatic rings. The summed E-state index contributed by atoms with van der Waals surface area (Å²) in [4.78, 5) is 23.0. The first-order chi connectivity index (χ1) is 6.41. The van der Waals surface area contributed by atoms with Gasteiger partial charge >= 0.3 is 5.97 Å². The first kappa shape index (κ1) is 11.3. The van der Waals surface area contributed by atoms with E-state index in [0.29, 0.717) is 13.1 Å². The number of amides is 1. The highest BCUT2D eigenvalue weighted by Crippen LogP contribution is 2.20. The molecule has 1 heterocycles. The van der Waals surface area contributed by atoms with Gasteiger partial charge in [-0.1, -0.05) is 0 Å². The number of carbonyl (C=O) groups is 2. The first-order valence-corrected chi connectivity index (χ1v) is 5.36. The van der Waals surface area contributed by atoms with Gasteiger partial charge < -0.3 is 15.1 Å². The molecule has 0 aromatic heterocycles. The number of aliphatic carboxylic acids is 1. The molecule has 0 bridgehead atoms. The molecule has 0 radical (unpaired) electrons. The molecule has 0 unspecified atom stereocenters. The smallest absolute Gasteiger partial charge is 0.313 e. The van der Waals surface area contributed by atoms with E-state index in [-0.39, 0.29) is 17.4 Å². The molecule has 1 saturated heterocycles. The number of hydrogen-bond donors (Lipinski definition) is 2. The van der Waals surface area contributed by atoms with E-state index in [9.17, 15) is 14.7 Å². The molecule has 1 amide bonds. The standard InChI is InChI=1S/C8H13NO4S/c1-8(13)4-9(5-8)6(10)2-14-3-7(11)12/h13H,2-5H2,1H3,(H,11,12). The Morgan fingerprint density at radius 3 is 2.43 bits per heavy atom. The molecule has 5 nitrogen and oxygen atoms in total. The number of carboxylic acid groups (broad SMARTS) is 1. The van der Waals surface area contributed by atoms with Crippen molar-refractivity contribution in [1.29, 1.82) is 0 Å².